The fourth-order valence-corrected chi connectivity index (χ4v) is 2.78. The standard InChI is InChI=1S/C12H17NO4S/c1-4-12(3,11(14)15)13-18(16,17)10-7-5-9(2)6-8-10/h5-8,13H,4H2,1-3H3,(H,14,15). The van der Waals surface area contributed by atoms with Crippen LogP contribution < -0.4 is 4.72 Å². The van der Waals surface area contributed by atoms with Crippen LogP contribution in [0, 0.1) is 6.92 Å². The monoisotopic (exact) mass is 271 g/mol. The van der Waals surface area contributed by atoms with Crippen molar-refractivity contribution in [2.75, 3.05) is 0 Å². The molecule has 1 atom stereocenters. The Morgan fingerprint density at radius 3 is 2.22 bits per heavy atom. The van der Waals surface area contributed by atoms with E-state index in [-0.39, 0.29) is 11.3 Å². The van der Waals surface area contributed by atoms with Gasteiger partial charge in [-0.2, -0.15) is 4.72 Å². The number of sulfonamides is 1. The third-order valence-electron chi connectivity index (χ3n) is 2.87. The molecule has 5 nitrogen and oxygen atoms in total. The van der Waals surface area contributed by atoms with Crippen molar-refractivity contribution in [2.45, 2.75) is 37.6 Å². The highest BCUT2D eigenvalue weighted by Gasteiger charge is 2.36. The average molecular weight is 271 g/mol. The number of rotatable bonds is 5. The largest absolute Gasteiger partial charge is 0.480 e. The number of hydrogen-bond donors (Lipinski definition) is 2. The van der Waals surface area contributed by atoms with Gasteiger partial charge < -0.3 is 5.11 Å². The highest BCUT2D eigenvalue weighted by molar-refractivity contribution is 7.89. The summed E-state index contributed by atoms with van der Waals surface area (Å²) in [4.78, 5) is 11.2. The van der Waals surface area contributed by atoms with E-state index in [1.165, 1.54) is 19.1 Å². The van der Waals surface area contributed by atoms with Crippen LogP contribution in [0.5, 0.6) is 0 Å². The van der Waals surface area contributed by atoms with E-state index in [4.69, 9.17) is 5.11 Å². The fourth-order valence-electron chi connectivity index (χ4n) is 1.34. The lowest BCUT2D eigenvalue weighted by Gasteiger charge is -2.24. The lowest BCUT2D eigenvalue weighted by atomic mass is 10.0. The highest BCUT2D eigenvalue weighted by Crippen LogP contribution is 2.16. The van der Waals surface area contributed by atoms with Crippen molar-refractivity contribution in [1.82, 2.24) is 4.72 Å². The van der Waals surface area contributed by atoms with Gasteiger partial charge >= 0.3 is 5.97 Å². The number of benzene rings is 1. The molecule has 100 valence electrons. The van der Waals surface area contributed by atoms with Crippen LogP contribution in [-0.4, -0.2) is 25.0 Å². The number of carboxylic acid groups (broad SMARTS) is 1. The van der Waals surface area contributed by atoms with Crippen LogP contribution in [0.1, 0.15) is 25.8 Å². The van der Waals surface area contributed by atoms with Gasteiger partial charge in [-0.05, 0) is 32.4 Å². The second-order valence-electron chi connectivity index (χ2n) is 4.41. The lowest BCUT2D eigenvalue weighted by Crippen LogP contribution is -2.51. The summed E-state index contributed by atoms with van der Waals surface area (Å²) in [7, 11) is -3.82. The predicted molar refractivity (Wildman–Crippen MR) is 67.8 cm³/mol. The van der Waals surface area contributed by atoms with Gasteiger partial charge in [0.05, 0.1) is 4.90 Å². The summed E-state index contributed by atoms with van der Waals surface area (Å²) in [5.41, 5.74) is -0.561. The summed E-state index contributed by atoms with van der Waals surface area (Å²) in [6, 6.07) is 6.24. The molecule has 0 saturated carbocycles. The van der Waals surface area contributed by atoms with Crippen LogP contribution in [-0.2, 0) is 14.8 Å². The molecule has 0 radical (unpaired) electrons. The van der Waals surface area contributed by atoms with E-state index >= 15 is 0 Å². The molecule has 0 aromatic heterocycles. The number of aliphatic carboxylic acids is 1. The van der Waals surface area contributed by atoms with E-state index < -0.39 is 21.5 Å². The first kappa shape index (κ1) is 14.7. The Morgan fingerprint density at radius 1 is 1.33 bits per heavy atom. The number of hydrogen-bond acceptors (Lipinski definition) is 3. The Hall–Kier alpha value is -1.40. The zero-order chi connectivity index (χ0) is 14.0. The molecular formula is C12H17NO4S. The Labute approximate surface area is 107 Å². The average Bonchev–Trinajstić information content (AvgIpc) is 2.28. The molecule has 6 heteroatoms. The zero-order valence-electron chi connectivity index (χ0n) is 10.6. The molecule has 0 saturated heterocycles. The van der Waals surface area contributed by atoms with Crippen LogP contribution in [0.15, 0.2) is 29.2 Å². The summed E-state index contributed by atoms with van der Waals surface area (Å²) in [5.74, 6) is -1.19. The van der Waals surface area contributed by atoms with Gasteiger partial charge in [0, 0.05) is 0 Å². The number of carboxylic acids is 1. The molecule has 0 heterocycles. The topological polar surface area (TPSA) is 83.5 Å². The first-order chi connectivity index (χ1) is 8.21. The minimum absolute atomic E-state index is 0.0639. The minimum atomic E-state index is -3.82. The summed E-state index contributed by atoms with van der Waals surface area (Å²) < 4.78 is 26.3. The summed E-state index contributed by atoms with van der Waals surface area (Å²) in [6.45, 7) is 4.81. The lowest BCUT2D eigenvalue weighted by molar-refractivity contribution is -0.143. The number of carbonyl (C=O) groups is 1. The van der Waals surface area contributed by atoms with E-state index in [2.05, 4.69) is 4.72 Å². The highest BCUT2D eigenvalue weighted by atomic mass is 32.2. The van der Waals surface area contributed by atoms with Crippen LogP contribution in [0.2, 0.25) is 0 Å². The second-order valence-corrected chi connectivity index (χ2v) is 6.09. The predicted octanol–water partition coefficient (Wildman–Crippen LogP) is 1.53. The fraction of sp³-hybridized carbons (Fsp3) is 0.417. The zero-order valence-corrected chi connectivity index (χ0v) is 11.4. The smallest absolute Gasteiger partial charge is 0.324 e. The molecule has 0 aliphatic rings. The van der Waals surface area contributed by atoms with E-state index in [9.17, 15) is 13.2 Å². The number of nitrogens with one attached hydrogen (secondary N) is 1. The van der Waals surface area contributed by atoms with Crippen molar-refractivity contribution in [3.05, 3.63) is 29.8 Å². The van der Waals surface area contributed by atoms with Crippen LogP contribution in [0.3, 0.4) is 0 Å². The molecule has 1 rings (SSSR count). The van der Waals surface area contributed by atoms with Gasteiger partial charge in [0.15, 0.2) is 0 Å². The van der Waals surface area contributed by atoms with Crippen LogP contribution >= 0.6 is 0 Å². The van der Waals surface area contributed by atoms with Crippen molar-refractivity contribution in [3.8, 4) is 0 Å². The molecular weight excluding hydrogens is 254 g/mol. The maximum Gasteiger partial charge on any atom is 0.324 e. The van der Waals surface area contributed by atoms with Gasteiger partial charge in [-0.1, -0.05) is 24.6 Å². The first-order valence-electron chi connectivity index (χ1n) is 5.55. The second kappa shape index (κ2) is 5.07. The number of aryl methyl sites for hydroxylation is 1. The maximum absolute atomic E-state index is 12.0. The van der Waals surface area contributed by atoms with Gasteiger partial charge in [0.25, 0.3) is 0 Å². The maximum atomic E-state index is 12.0. The third-order valence-corrected chi connectivity index (χ3v) is 4.48. The van der Waals surface area contributed by atoms with E-state index in [0.717, 1.165) is 5.56 Å². The van der Waals surface area contributed by atoms with E-state index in [1.807, 2.05) is 6.92 Å². The molecule has 1 unspecified atom stereocenters. The molecule has 0 spiro atoms. The van der Waals surface area contributed by atoms with Crippen LogP contribution in [0.4, 0.5) is 0 Å². The van der Waals surface area contributed by atoms with Gasteiger partial charge in [0.1, 0.15) is 5.54 Å². The molecule has 1 aromatic rings. The SMILES string of the molecule is CCC(C)(NS(=O)(=O)c1ccc(C)cc1)C(=O)O. The molecule has 1 aromatic carbocycles. The normalized spacial score (nSPS) is 15.1. The molecule has 0 aliphatic carbocycles. The third kappa shape index (κ3) is 3.08. The van der Waals surface area contributed by atoms with Crippen molar-refractivity contribution < 1.29 is 18.3 Å². The van der Waals surface area contributed by atoms with Crippen molar-refractivity contribution in [1.29, 1.82) is 0 Å². The quantitative estimate of drug-likeness (QED) is 0.850. The van der Waals surface area contributed by atoms with Gasteiger partial charge in [-0.3, -0.25) is 4.79 Å². The van der Waals surface area contributed by atoms with Gasteiger partial charge in [0.2, 0.25) is 10.0 Å². The minimum Gasteiger partial charge on any atom is -0.480 e. The molecule has 2 N–H and O–H groups in total. The van der Waals surface area contributed by atoms with E-state index in [0.29, 0.717) is 0 Å². The first-order valence-corrected chi connectivity index (χ1v) is 7.03. The summed E-state index contributed by atoms with van der Waals surface area (Å²) in [5, 5.41) is 9.06. The molecule has 0 bridgehead atoms. The molecule has 0 amide bonds. The molecule has 18 heavy (non-hydrogen) atoms. The van der Waals surface area contributed by atoms with Gasteiger partial charge in [-0.25, -0.2) is 8.42 Å². The molecule has 0 aliphatic heterocycles. The Morgan fingerprint density at radius 2 is 1.83 bits per heavy atom. The van der Waals surface area contributed by atoms with Crippen molar-refractivity contribution in [3.63, 3.8) is 0 Å². The van der Waals surface area contributed by atoms with Gasteiger partial charge in [-0.15, -0.1) is 0 Å². The van der Waals surface area contributed by atoms with Crippen LogP contribution in [0.25, 0.3) is 0 Å². The Bertz CT molecular complexity index is 536. The Balaban J connectivity index is 3.09. The van der Waals surface area contributed by atoms with Crippen molar-refractivity contribution >= 4 is 16.0 Å². The molecule has 0 fully saturated rings. The summed E-state index contributed by atoms with van der Waals surface area (Å²) in [6.07, 6.45) is 0.160. The Kier molecular flexibility index (Phi) is 4.13. The van der Waals surface area contributed by atoms with Crippen molar-refractivity contribution in [2.24, 2.45) is 0 Å². The summed E-state index contributed by atoms with van der Waals surface area (Å²) >= 11 is 0. The van der Waals surface area contributed by atoms with E-state index in [1.54, 1.807) is 19.1 Å².